The number of halogens is 2. The molecule has 258 valence electrons. The van der Waals surface area contributed by atoms with Gasteiger partial charge < -0.3 is 20.3 Å². The van der Waals surface area contributed by atoms with Crippen LogP contribution in [0.1, 0.15) is 42.4 Å². The monoisotopic (exact) mass is 698 g/mol. The first-order valence-electron chi connectivity index (χ1n) is 14.5. The van der Waals surface area contributed by atoms with Gasteiger partial charge in [0, 0.05) is 48.1 Å². The van der Waals surface area contributed by atoms with E-state index in [-0.39, 0.29) is 22.2 Å². The number of carboxylic acid groups (broad SMARTS) is 1. The van der Waals surface area contributed by atoms with Crippen molar-refractivity contribution in [3.8, 4) is 5.69 Å². The van der Waals surface area contributed by atoms with Gasteiger partial charge in [-0.15, -0.1) is 0 Å². The zero-order valence-electron chi connectivity index (χ0n) is 26.9. The van der Waals surface area contributed by atoms with Crippen molar-refractivity contribution in [2.75, 3.05) is 10.0 Å². The van der Waals surface area contributed by atoms with Crippen molar-refractivity contribution in [3.63, 3.8) is 0 Å². The van der Waals surface area contributed by atoms with E-state index in [0.29, 0.717) is 23.4 Å². The Kier molecular flexibility index (Phi) is 10.2. The molecule has 4 rings (SSSR count). The zero-order valence-corrected chi connectivity index (χ0v) is 27.7. The van der Waals surface area contributed by atoms with Gasteiger partial charge in [0.15, 0.2) is 0 Å². The first-order valence-corrected chi connectivity index (χ1v) is 16.0. The van der Waals surface area contributed by atoms with Gasteiger partial charge in [0.25, 0.3) is 21.5 Å². The largest absolute Gasteiger partial charge is 0.480 e. The van der Waals surface area contributed by atoms with Gasteiger partial charge in [-0.3, -0.25) is 24.1 Å². The molecule has 0 aliphatic carbocycles. The maximum atomic E-state index is 15.0. The molecule has 0 radical (unpaired) electrons. The quantitative estimate of drug-likeness (QED) is 0.192. The number of aromatic nitrogens is 3. The SMILES string of the molecule is Cc1cn(C)c(=O)n(-c2ccc(C[C@H](NC(=O)c3cc(F)c(NS(=O)(=O)c4ccc(NC(=O)C(C)(C)C)cc4)cc3F)C(=O)O)nc2)c1=O. The van der Waals surface area contributed by atoms with E-state index >= 15 is 4.39 Å². The third-order valence-electron chi connectivity index (χ3n) is 7.15. The molecule has 0 fully saturated rings. The minimum Gasteiger partial charge on any atom is -0.480 e. The van der Waals surface area contributed by atoms with Crippen LogP contribution in [0.5, 0.6) is 0 Å². The molecule has 0 saturated carbocycles. The highest BCUT2D eigenvalue weighted by Gasteiger charge is 2.26. The Morgan fingerprint density at radius 2 is 1.65 bits per heavy atom. The summed E-state index contributed by atoms with van der Waals surface area (Å²) in [5, 5.41) is 14.4. The van der Waals surface area contributed by atoms with E-state index in [2.05, 4.69) is 15.6 Å². The number of sulfonamides is 1. The minimum atomic E-state index is -4.45. The van der Waals surface area contributed by atoms with Gasteiger partial charge in [0.1, 0.15) is 17.7 Å². The topological polar surface area (TPSA) is 199 Å². The summed E-state index contributed by atoms with van der Waals surface area (Å²) in [4.78, 5) is 65.7. The maximum absolute atomic E-state index is 15.0. The van der Waals surface area contributed by atoms with Gasteiger partial charge in [-0.25, -0.2) is 31.4 Å². The van der Waals surface area contributed by atoms with Crippen molar-refractivity contribution in [1.29, 1.82) is 0 Å². The average Bonchev–Trinajstić information content (AvgIpc) is 3.01. The van der Waals surface area contributed by atoms with Crippen LogP contribution in [0.3, 0.4) is 0 Å². The number of carbonyl (C=O) groups excluding carboxylic acids is 2. The molecule has 0 bridgehead atoms. The molecule has 17 heteroatoms. The second-order valence-corrected chi connectivity index (χ2v) is 13.8. The van der Waals surface area contributed by atoms with Crippen LogP contribution in [-0.4, -0.2) is 51.5 Å². The molecule has 0 saturated heterocycles. The number of benzene rings is 2. The van der Waals surface area contributed by atoms with E-state index in [4.69, 9.17) is 0 Å². The molecule has 1 atom stereocenters. The molecule has 2 heterocycles. The Morgan fingerprint density at radius 3 is 2.22 bits per heavy atom. The van der Waals surface area contributed by atoms with Crippen molar-refractivity contribution in [2.45, 2.75) is 45.1 Å². The van der Waals surface area contributed by atoms with Crippen molar-refractivity contribution in [1.82, 2.24) is 19.4 Å². The van der Waals surface area contributed by atoms with Crippen LogP contribution in [0.2, 0.25) is 0 Å². The lowest BCUT2D eigenvalue weighted by Crippen LogP contribution is -2.43. The first kappa shape index (κ1) is 36.1. The maximum Gasteiger partial charge on any atom is 0.335 e. The Hall–Kier alpha value is -5.71. The van der Waals surface area contributed by atoms with Gasteiger partial charge in [-0.2, -0.15) is 0 Å². The minimum absolute atomic E-state index is 0.115. The number of rotatable bonds is 10. The number of nitrogens with one attached hydrogen (secondary N) is 3. The standard InChI is InChI=1S/C32H32F2N6O8S/c1-17-16-39(5)31(46)40(28(17)42)20-9-6-19(35-15-20)12-26(29(43)44)37-27(41)22-13-24(34)25(14-23(22)33)38-49(47,48)21-10-7-18(8-11-21)36-30(45)32(2,3)4/h6-11,13-16,26,38H,12H2,1-5H3,(H,36,45)(H,37,41)(H,43,44)/t26-/m0/s1. The summed E-state index contributed by atoms with van der Waals surface area (Å²) in [6.45, 7) is 6.61. The molecular weight excluding hydrogens is 666 g/mol. The second kappa shape index (κ2) is 13.8. The molecule has 0 aliphatic heterocycles. The molecule has 2 amide bonds. The molecule has 0 aliphatic rings. The fourth-order valence-corrected chi connectivity index (χ4v) is 5.46. The van der Waals surface area contributed by atoms with Crippen LogP contribution in [0, 0.1) is 24.0 Å². The Morgan fingerprint density at radius 1 is 1.00 bits per heavy atom. The Labute approximate surface area is 278 Å². The second-order valence-electron chi connectivity index (χ2n) is 12.1. The van der Waals surface area contributed by atoms with Crippen molar-refractivity contribution < 1.29 is 36.7 Å². The number of carboxylic acids is 1. The molecule has 0 spiro atoms. The highest BCUT2D eigenvalue weighted by molar-refractivity contribution is 7.92. The number of aryl methyl sites for hydroxylation is 2. The number of carbonyl (C=O) groups is 3. The van der Waals surface area contributed by atoms with Crippen LogP contribution in [0.4, 0.5) is 20.2 Å². The lowest BCUT2D eigenvalue weighted by Gasteiger charge is -2.18. The number of pyridine rings is 1. The van der Waals surface area contributed by atoms with Crippen LogP contribution < -0.4 is 26.6 Å². The molecular formula is C32H32F2N6O8S. The number of anilines is 2. The van der Waals surface area contributed by atoms with Gasteiger partial charge in [0.05, 0.1) is 28.0 Å². The zero-order chi connectivity index (χ0) is 36.4. The van der Waals surface area contributed by atoms with Crippen molar-refractivity contribution >= 4 is 39.2 Å². The van der Waals surface area contributed by atoms with E-state index in [1.54, 1.807) is 20.8 Å². The van der Waals surface area contributed by atoms with E-state index in [1.807, 2.05) is 4.72 Å². The lowest BCUT2D eigenvalue weighted by atomic mass is 9.95. The summed E-state index contributed by atoms with van der Waals surface area (Å²) in [7, 11) is -2.98. The normalized spacial score (nSPS) is 12.2. The highest BCUT2D eigenvalue weighted by atomic mass is 32.2. The van der Waals surface area contributed by atoms with Gasteiger partial charge >= 0.3 is 11.7 Å². The third kappa shape index (κ3) is 8.24. The van der Waals surface area contributed by atoms with E-state index in [9.17, 15) is 41.9 Å². The average molecular weight is 699 g/mol. The number of nitrogens with zero attached hydrogens (tertiary/aromatic N) is 3. The lowest BCUT2D eigenvalue weighted by molar-refractivity contribution is -0.139. The summed E-state index contributed by atoms with van der Waals surface area (Å²) >= 11 is 0. The number of hydrogen-bond donors (Lipinski definition) is 4. The molecule has 2 aromatic heterocycles. The summed E-state index contributed by atoms with van der Waals surface area (Å²) in [6, 6.07) is 6.81. The molecule has 0 unspecified atom stereocenters. The summed E-state index contributed by atoms with van der Waals surface area (Å²) < 4.78 is 59.7. The fourth-order valence-electron chi connectivity index (χ4n) is 4.40. The van der Waals surface area contributed by atoms with Crippen molar-refractivity contribution in [2.24, 2.45) is 12.5 Å². The van der Waals surface area contributed by atoms with Gasteiger partial charge in [0.2, 0.25) is 5.91 Å². The molecule has 14 nitrogen and oxygen atoms in total. The predicted molar refractivity (Wildman–Crippen MR) is 174 cm³/mol. The van der Waals surface area contributed by atoms with Crippen LogP contribution >= 0.6 is 0 Å². The third-order valence-corrected chi connectivity index (χ3v) is 8.54. The highest BCUT2D eigenvalue weighted by Crippen LogP contribution is 2.25. The molecule has 2 aromatic carbocycles. The molecule has 49 heavy (non-hydrogen) atoms. The van der Waals surface area contributed by atoms with E-state index < -0.39 is 73.9 Å². The molecule has 4 N–H and O–H groups in total. The number of amides is 2. The number of aliphatic carboxylic acids is 1. The predicted octanol–water partition coefficient (Wildman–Crippen LogP) is 2.73. The summed E-state index contributed by atoms with van der Waals surface area (Å²) in [5.74, 6) is -5.83. The number of hydrogen-bond acceptors (Lipinski definition) is 8. The van der Waals surface area contributed by atoms with Crippen LogP contribution in [0.15, 0.2) is 75.4 Å². The Bertz CT molecular complexity index is 2140. The Balaban J connectivity index is 1.48. The smallest absolute Gasteiger partial charge is 0.335 e. The van der Waals surface area contributed by atoms with Crippen LogP contribution in [-0.2, 0) is 33.1 Å². The summed E-state index contributed by atoms with van der Waals surface area (Å²) in [5.41, 5.74) is -2.79. The van der Waals surface area contributed by atoms with Crippen LogP contribution in [0.25, 0.3) is 5.69 Å². The van der Waals surface area contributed by atoms with Gasteiger partial charge in [-0.05, 0) is 49.4 Å². The fraction of sp³-hybridized carbons (Fsp3) is 0.250. The summed E-state index contributed by atoms with van der Waals surface area (Å²) in [6.07, 6.45) is 2.14. The van der Waals surface area contributed by atoms with Crippen molar-refractivity contribution in [3.05, 3.63) is 110 Å². The van der Waals surface area contributed by atoms with E-state index in [1.165, 1.54) is 55.2 Å². The van der Waals surface area contributed by atoms with Gasteiger partial charge in [-0.1, -0.05) is 20.8 Å². The van der Waals surface area contributed by atoms with E-state index in [0.717, 1.165) is 16.7 Å². The first-order chi connectivity index (χ1) is 22.8. The molecule has 4 aromatic rings.